The first-order valence-electron chi connectivity index (χ1n) is 5.94. The summed E-state index contributed by atoms with van der Waals surface area (Å²) in [4.78, 5) is 12.1. The normalized spacial score (nSPS) is 11.2. The first-order chi connectivity index (χ1) is 7.71. The largest absolute Gasteiger partial charge is 0.465 e. The summed E-state index contributed by atoms with van der Waals surface area (Å²) in [6.07, 6.45) is 1.54. The first kappa shape index (κ1) is 12.8. The Morgan fingerprint density at radius 3 is 2.12 bits per heavy atom. The molecule has 2 nitrogen and oxygen atoms in total. The summed E-state index contributed by atoms with van der Waals surface area (Å²) in [5.74, 6) is -0.105. The molecule has 88 valence electrons. The van der Waals surface area contributed by atoms with E-state index in [2.05, 4.69) is 0 Å². The zero-order valence-electron chi connectivity index (χ0n) is 10.3. The average molecular weight is 220 g/mol. The van der Waals surface area contributed by atoms with Gasteiger partial charge in [0.25, 0.3) is 0 Å². The number of rotatable bonds is 5. The smallest absolute Gasteiger partial charge is 0.316 e. The van der Waals surface area contributed by atoms with Crippen molar-refractivity contribution in [3.8, 4) is 0 Å². The van der Waals surface area contributed by atoms with Crippen molar-refractivity contribution < 1.29 is 9.53 Å². The van der Waals surface area contributed by atoms with Gasteiger partial charge in [0.15, 0.2) is 0 Å². The molecule has 0 bridgehead atoms. The van der Waals surface area contributed by atoms with E-state index in [1.54, 1.807) is 0 Å². The van der Waals surface area contributed by atoms with Crippen LogP contribution in [0.5, 0.6) is 0 Å². The Hall–Kier alpha value is -1.31. The van der Waals surface area contributed by atoms with Crippen molar-refractivity contribution in [3.63, 3.8) is 0 Å². The Balaban J connectivity index is 3.10. The maximum Gasteiger partial charge on any atom is 0.316 e. The molecule has 0 amide bonds. The third-order valence-corrected chi connectivity index (χ3v) is 3.20. The van der Waals surface area contributed by atoms with Crippen molar-refractivity contribution in [1.29, 1.82) is 0 Å². The second kappa shape index (κ2) is 5.69. The van der Waals surface area contributed by atoms with E-state index in [1.165, 1.54) is 0 Å². The Morgan fingerprint density at radius 1 is 1.12 bits per heavy atom. The second-order valence-electron chi connectivity index (χ2n) is 3.88. The van der Waals surface area contributed by atoms with Gasteiger partial charge in [0, 0.05) is 0 Å². The van der Waals surface area contributed by atoms with Gasteiger partial charge in [0.1, 0.15) is 0 Å². The Kier molecular flexibility index (Phi) is 4.53. The fourth-order valence-electron chi connectivity index (χ4n) is 2.09. The molecule has 0 heterocycles. The summed E-state index contributed by atoms with van der Waals surface area (Å²) in [5, 5.41) is 0. The molecule has 0 aliphatic carbocycles. The van der Waals surface area contributed by atoms with Crippen LogP contribution in [0.15, 0.2) is 30.3 Å². The molecule has 0 atom stereocenters. The maximum absolute atomic E-state index is 12.1. The van der Waals surface area contributed by atoms with E-state index in [4.69, 9.17) is 4.74 Å². The zero-order chi connectivity index (χ0) is 12.0. The maximum atomic E-state index is 12.1. The van der Waals surface area contributed by atoms with Crippen LogP contribution in [0.25, 0.3) is 0 Å². The van der Waals surface area contributed by atoms with E-state index in [9.17, 15) is 4.79 Å². The first-order valence-corrected chi connectivity index (χ1v) is 5.94. The summed E-state index contributed by atoms with van der Waals surface area (Å²) in [6.45, 7) is 6.35. The monoisotopic (exact) mass is 220 g/mol. The van der Waals surface area contributed by atoms with Crippen molar-refractivity contribution in [2.75, 3.05) is 6.61 Å². The molecule has 16 heavy (non-hydrogen) atoms. The highest BCUT2D eigenvalue weighted by Gasteiger charge is 2.37. The molecule has 0 radical (unpaired) electrons. The minimum Gasteiger partial charge on any atom is -0.465 e. The molecule has 0 fully saturated rings. The molecule has 0 saturated carbocycles. The molecular weight excluding hydrogens is 200 g/mol. The second-order valence-corrected chi connectivity index (χ2v) is 3.88. The fraction of sp³-hybridized carbons (Fsp3) is 0.500. The lowest BCUT2D eigenvalue weighted by Crippen LogP contribution is -2.36. The van der Waals surface area contributed by atoms with Gasteiger partial charge < -0.3 is 4.74 Å². The van der Waals surface area contributed by atoms with Gasteiger partial charge in [-0.15, -0.1) is 0 Å². The lowest BCUT2D eigenvalue weighted by atomic mass is 9.76. The standard InChI is InChI=1S/C14H20O2/c1-4-14(5-2,13(15)16-6-3)12-10-8-7-9-11-12/h7-11H,4-6H2,1-3H3. The number of ether oxygens (including phenoxy) is 1. The molecular formula is C14H20O2. The molecule has 0 aliphatic rings. The SMILES string of the molecule is CCOC(=O)C(CC)(CC)c1ccccc1. The van der Waals surface area contributed by atoms with E-state index < -0.39 is 5.41 Å². The highest BCUT2D eigenvalue weighted by atomic mass is 16.5. The Labute approximate surface area is 97.6 Å². The van der Waals surface area contributed by atoms with Gasteiger partial charge in [0.05, 0.1) is 12.0 Å². The lowest BCUT2D eigenvalue weighted by molar-refractivity contribution is -0.150. The third kappa shape index (κ3) is 2.26. The minimum absolute atomic E-state index is 0.105. The molecule has 0 aromatic heterocycles. The van der Waals surface area contributed by atoms with Crippen LogP contribution in [0, 0.1) is 0 Å². The molecule has 0 saturated heterocycles. The van der Waals surface area contributed by atoms with E-state index >= 15 is 0 Å². The van der Waals surface area contributed by atoms with Gasteiger partial charge in [-0.2, -0.15) is 0 Å². The molecule has 0 unspecified atom stereocenters. The van der Waals surface area contributed by atoms with Gasteiger partial charge in [-0.25, -0.2) is 0 Å². The van der Waals surface area contributed by atoms with Crippen LogP contribution in [0.2, 0.25) is 0 Å². The van der Waals surface area contributed by atoms with Crippen LogP contribution in [0.4, 0.5) is 0 Å². The number of carbonyl (C=O) groups is 1. The van der Waals surface area contributed by atoms with E-state index in [0.29, 0.717) is 6.61 Å². The molecule has 1 aromatic rings. The molecule has 1 aromatic carbocycles. The van der Waals surface area contributed by atoms with Gasteiger partial charge in [0.2, 0.25) is 0 Å². The predicted molar refractivity (Wildman–Crippen MR) is 65.3 cm³/mol. The molecule has 2 heteroatoms. The lowest BCUT2D eigenvalue weighted by Gasteiger charge is -2.29. The van der Waals surface area contributed by atoms with Crippen molar-refractivity contribution in [2.45, 2.75) is 39.0 Å². The van der Waals surface area contributed by atoms with E-state index in [-0.39, 0.29) is 5.97 Å². The molecule has 1 rings (SSSR count). The van der Waals surface area contributed by atoms with Gasteiger partial charge in [-0.05, 0) is 25.3 Å². The topological polar surface area (TPSA) is 26.3 Å². The molecule has 0 aliphatic heterocycles. The minimum atomic E-state index is -0.475. The summed E-state index contributed by atoms with van der Waals surface area (Å²) in [7, 11) is 0. The van der Waals surface area contributed by atoms with Crippen molar-refractivity contribution in [2.24, 2.45) is 0 Å². The summed E-state index contributed by atoms with van der Waals surface area (Å²) in [5.41, 5.74) is 0.579. The van der Waals surface area contributed by atoms with E-state index in [1.807, 2.05) is 51.1 Å². The number of carbonyl (C=O) groups excluding carboxylic acids is 1. The number of hydrogen-bond donors (Lipinski definition) is 0. The van der Waals surface area contributed by atoms with Crippen molar-refractivity contribution >= 4 is 5.97 Å². The summed E-state index contributed by atoms with van der Waals surface area (Å²) >= 11 is 0. The predicted octanol–water partition coefficient (Wildman–Crippen LogP) is 3.31. The molecule has 0 N–H and O–H groups in total. The van der Waals surface area contributed by atoms with Crippen molar-refractivity contribution in [3.05, 3.63) is 35.9 Å². The highest BCUT2D eigenvalue weighted by molar-refractivity contribution is 5.83. The fourth-order valence-corrected chi connectivity index (χ4v) is 2.09. The Bertz CT molecular complexity index is 326. The Morgan fingerprint density at radius 2 is 1.69 bits per heavy atom. The zero-order valence-corrected chi connectivity index (χ0v) is 10.3. The summed E-state index contributed by atoms with van der Waals surface area (Å²) < 4.78 is 5.20. The van der Waals surface area contributed by atoms with E-state index in [0.717, 1.165) is 18.4 Å². The van der Waals surface area contributed by atoms with Crippen LogP contribution in [0.1, 0.15) is 39.2 Å². The van der Waals surface area contributed by atoms with Gasteiger partial charge in [-0.3, -0.25) is 4.79 Å². The summed E-state index contributed by atoms with van der Waals surface area (Å²) in [6, 6.07) is 9.90. The van der Waals surface area contributed by atoms with Gasteiger partial charge >= 0.3 is 5.97 Å². The van der Waals surface area contributed by atoms with Crippen LogP contribution in [-0.2, 0) is 14.9 Å². The van der Waals surface area contributed by atoms with Crippen LogP contribution in [0.3, 0.4) is 0 Å². The number of hydrogen-bond acceptors (Lipinski definition) is 2. The van der Waals surface area contributed by atoms with Crippen molar-refractivity contribution in [1.82, 2.24) is 0 Å². The quantitative estimate of drug-likeness (QED) is 0.712. The molecule has 0 spiro atoms. The van der Waals surface area contributed by atoms with Crippen LogP contribution < -0.4 is 0 Å². The van der Waals surface area contributed by atoms with Gasteiger partial charge in [-0.1, -0.05) is 44.2 Å². The average Bonchev–Trinajstić information content (AvgIpc) is 2.33. The van der Waals surface area contributed by atoms with Crippen LogP contribution >= 0.6 is 0 Å². The number of benzene rings is 1. The third-order valence-electron chi connectivity index (χ3n) is 3.20. The highest BCUT2D eigenvalue weighted by Crippen LogP contribution is 2.32. The number of esters is 1. The van der Waals surface area contributed by atoms with Crippen LogP contribution in [-0.4, -0.2) is 12.6 Å².